The Morgan fingerprint density at radius 3 is 1.96 bits per heavy atom. The van der Waals surface area contributed by atoms with E-state index < -0.39 is 11.0 Å². The van der Waals surface area contributed by atoms with E-state index in [1.54, 1.807) is 0 Å². The molecule has 0 N–H and O–H groups in total. The first-order valence-corrected chi connectivity index (χ1v) is 10.5. The van der Waals surface area contributed by atoms with Crippen LogP contribution in [0.4, 0.5) is 0 Å². The van der Waals surface area contributed by atoms with Gasteiger partial charge in [-0.15, -0.1) is 0 Å². The highest BCUT2D eigenvalue weighted by Crippen LogP contribution is 2.17. The molecule has 146 valence electrons. The van der Waals surface area contributed by atoms with Crippen LogP contribution in [0.2, 0.25) is 0 Å². The molecule has 4 heteroatoms. The molecule has 1 atom stereocenters. The molecule has 2 aliphatic heterocycles. The minimum absolute atomic E-state index is 0.185. The standard InChI is InChI=1S/C16H34.C6H2N2O2/c1-4-6-8-10-11-13-15-16(3)14-12-9-7-5-2;9-5-4-3(1-2-7-4)8-6(5)10/h16H,4-15H2,1-3H3;1-2H. The molecule has 0 amide bonds. The number of rotatable bonds is 12. The van der Waals surface area contributed by atoms with E-state index in [1.165, 1.54) is 89.3 Å². The van der Waals surface area contributed by atoms with Gasteiger partial charge in [-0.25, -0.2) is 4.98 Å². The summed E-state index contributed by atoms with van der Waals surface area (Å²) in [6, 6.07) is 1.54. The third kappa shape index (κ3) is 8.68. The zero-order chi connectivity index (χ0) is 19.2. The van der Waals surface area contributed by atoms with Gasteiger partial charge in [0.05, 0.1) is 5.69 Å². The van der Waals surface area contributed by atoms with Crippen molar-refractivity contribution in [1.82, 2.24) is 9.97 Å². The Labute approximate surface area is 158 Å². The van der Waals surface area contributed by atoms with Crippen LogP contribution in [0, 0.1) is 5.92 Å². The van der Waals surface area contributed by atoms with Gasteiger partial charge in [-0.1, -0.05) is 97.8 Å². The van der Waals surface area contributed by atoms with Gasteiger partial charge in [0.2, 0.25) is 0 Å². The Kier molecular flexibility index (Phi) is 11.7. The highest BCUT2D eigenvalue weighted by molar-refractivity contribution is 5.56. The van der Waals surface area contributed by atoms with E-state index in [9.17, 15) is 9.59 Å². The minimum atomic E-state index is -0.710. The lowest BCUT2D eigenvalue weighted by Crippen LogP contribution is -2.19. The summed E-state index contributed by atoms with van der Waals surface area (Å²) in [6.45, 7) is 7.02. The Hall–Kier alpha value is -1.58. The van der Waals surface area contributed by atoms with Crippen molar-refractivity contribution in [1.29, 1.82) is 0 Å². The van der Waals surface area contributed by atoms with Gasteiger partial charge in [0.1, 0.15) is 5.69 Å². The summed E-state index contributed by atoms with van der Waals surface area (Å²) >= 11 is 0. The van der Waals surface area contributed by atoms with E-state index in [2.05, 4.69) is 30.7 Å². The number of hydrogen-bond acceptors (Lipinski definition) is 4. The van der Waals surface area contributed by atoms with Crippen LogP contribution >= 0.6 is 0 Å². The molecule has 26 heavy (non-hydrogen) atoms. The van der Waals surface area contributed by atoms with Gasteiger partial charge in [-0.05, 0) is 12.0 Å². The van der Waals surface area contributed by atoms with Crippen LogP contribution in [-0.2, 0) is 0 Å². The van der Waals surface area contributed by atoms with Crippen LogP contribution in [-0.4, -0.2) is 9.97 Å². The van der Waals surface area contributed by atoms with E-state index in [1.807, 2.05) is 0 Å². The van der Waals surface area contributed by atoms with E-state index in [4.69, 9.17) is 0 Å². The second kappa shape index (κ2) is 13.6. The quantitative estimate of drug-likeness (QED) is 0.369. The van der Waals surface area contributed by atoms with E-state index >= 15 is 0 Å². The molecule has 0 aromatic carbocycles. The highest BCUT2D eigenvalue weighted by atomic mass is 16.2. The fraction of sp³-hybridized carbons (Fsp3) is 0.727. The van der Waals surface area contributed by atoms with Gasteiger partial charge < -0.3 is 0 Å². The molecule has 0 fully saturated rings. The topological polar surface area (TPSA) is 59.9 Å². The lowest BCUT2D eigenvalue weighted by Gasteiger charge is -2.10. The van der Waals surface area contributed by atoms with Crippen molar-refractivity contribution in [3.63, 3.8) is 0 Å². The maximum atomic E-state index is 10.8. The summed E-state index contributed by atoms with van der Waals surface area (Å²) in [7, 11) is 0. The molecule has 0 bridgehead atoms. The monoisotopic (exact) mass is 360 g/mol. The van der Waals surface area contributed by atoms with Crippen molar-refractivity contribution < 1.29 is 0 Å². The number of unbranched alkanes of at least 4 members (excludes halogenated alkanes) is 8. The first-order chi connectivity index (χ1) is 12.6. The molecule has 0 aliphatic carbocycles. The maximum Gasteiger partial charge on any atom is 0.320 e. The molecule has 4 nitrogen and oxygen atoms in total. The van der Waals surface area contributed by atoms with Crippen LogP contribution in [0.15, 0.2) is 21.9 Å². The average Bonchev–Trinajstić information content (AvgIpc) is 3.19. The summed E-state index contributed by atoms with van der Waals surface area (Å²) in [5.74, 6) is 0.975. The highest BCUT2D eigenvalue weighted by Gasteiger charge is 2.14. The summed E-state index contributed by atoms with van der Waals surface area (Å²) in [5, 5.41) is 0. The van der Waals surface area contributed by atoms with Crippen molar-refractivity contribution in [2.75, 3.05) is 0 Å². The Morgan fingerprint density at radius 1 is 0.846 bits per heavy atom. The maximum absolute atomic E-state index is 10.8. The van der Waals surface area contributed by atoms with E-state index in [-0.39, 0.29) is 5.69 Å². The van der Waals surface area contributed by atoms with Crippen LogP contribution in [0.1, 0.15) is 97.8 Å². The molecule has 0 saturated carbocycles. The van der Waals surface area contributed by atoms with Crippen LogP contribution in [0.3, 0.4) is 0 Å². The average molecular weight is 361 g/mol. The normalized spacial score (nSPS) is 12.1. The predicted octanol–water partition coefficient (Wildman–Crippen LogP) is 5.52. The van der Waals surface area contributed by atoms with Crippen LogP contribution in [0.25, 0.3) is 11.4 Å². The number of fused-ring (bicyclic) bond motifs is 1. The van der Waals surface area contributed by atoms with Crippen molar-refractivity contribution >= 4 is 0 Å². The molecule has 0 spiro atoms. The second-order valence-electron chi connectivity index (χ2n) is 7.44. The Bertz CT molecular complexity index is 631. The zero-order valence-electron chi connectivity index (χ0n) is 16.9. The third-order valence-electron chi connectivity index (χ3n) is 4.91. The molecule has 0 saturated heterocycles. The van der Waals surface area contributed by atoms with Crippen LogP contribution < -0.4 is 11.0 Å². The van der Waals surface area contributed by atoms with E-state index in [0.29, 0.717) is 5.69 Å². The van der Waals surface area contributed by atoms with Gasteiger partial charge in [0.25, 0.3) is 5.43 Å². The summed E-state index contributed by atoms with van der Waals surface area (Å²) < 4.78 is 0. The second-order valence-corrected chi connectivity index (χ2v) is 7.44. The van der Waals surface area contributed by atoms with Crippen molar-refractivity contribution in [2.45, 2.75) is 97.8 Å². The summed E-state index contributed by atoms with van der Waals surface area (Å²) in [4.78, 5) is 28.4. The molecule has 2 rings (SSSR count). The number of hydrogen-bond donors (Lipinski definition) is 0. The first-order valence-electron chi connectivity index (χ1n) is 10.5. The van der Waals surface area contributed by atoms with E-state index in [0.717, 1.165) is 5.92 Å². The molecule has 0 aromatic rings. The zero-order valence-corrected chi connectivity index (χ0v) is 16.9. The third-order valence-corrected chi connectivity index (χ3v) is 4.91. The molecule has 0 aromatic heterocycles. The molecular weight excluding hydrogens is 324 g/mol. The molecule has 1 unspecified atom stereocenters. The molecule has 2 heterocycles. The van der Waals surface area contributed by atoms with Gasteiger partial charge in [-0.2, -0.15) is 0 Å². The number of aromatic nitrogens is 2. The molecular formula is C22H36N2O2. The summed E-state index contributed by atoms with van der Waals surface area (Å²) in [5.41, 5.74) is -0.724. The molecule has 0 radical (unpaired) electrons. The Balaban J connectivity index is 0.000000284. The smallest absolute Gasteiger partial charge is 0.281 e. The van der Waals surface area contributed by atoms with Crippen LogP contribution in [0.5, 0.6) is 0 Å². The van der Waals surface area contributed by atoms with Gasteiger partial charge in [0.15, 0.2) is 0 Å². The minimum Gasteiger partial charge on any atom is -0.281 e. The SMILES string of the molecule is CCCCCCCCC(C)CCCCCC.O=c1nc2ccnc-2c1=O. The molecule has 2 aliphatic rings. The van der Waals surface area contributed by atoms with Crippen molar-refractivity contribution in [3.8, 4) is 11.4 Å². The summed E-state index contributed by atoms with van der Waals surface area (Å²) in [6.07, 6.45) is 18.8. The van der Waals surface area contributed by atoms with Gasteiger partial charge in [-0.3, -0.25) is 14.6 Å². The first kappa shape index (κ1) is 22.5. The van der Waals surface area contributed by atoms with Crippen molar-refractivity contribution in [2.24, 2.45) is 5.92 Å². The predicted molar refractivity (Wildman–Crippen MR) is 109 cm³/mol. The fourth-order valence-corrected chi connectivity index (χ4v) is 3.19. The fourth-order valence-electron chi connectivity index (χ4n) is 3.19. The van der Waals surface area contributed by atoms with Gasteiger partial charge >= 0.3 is 5.56 Å². The van der Waals surface area contributed by atoms with Crippen molar-refractivity contribution in [3.05, 3.63) is 32.8 Å². The van der Waals surface area contributed by atoms with Gasteiger partial charge in [0, 0.05) is 6.20 Å². The largest absolute Gasteiger partial charge is 0.320 e. The number of nitrogens with zero attached hydrogens (tertiary/aromatic N) is 2. The Morgan fingerprint density at radius 2 is 1.38 bits per heavy atom. The lowest BCUT2D eigenvalue weighted by molar-refractivity contribution is 0.434. The lowest BCUT2D eigenvalue weighted by atomic mass is 9.96.